The van der Waals surface area contributed by atoms with Gasteiger partial charge in [0.15, 0.2) is 0 Å². The number of hydrogen-bond donors (Lipinski definition) is 1. The zero-order chi connectivity index (χ0) is 11.9. The van der Waals surface area contributed by atoms with Crippen molar-refractivity contribution in [3.05, 3.63) is 35.9 Å². The Labute approximate surface area is 108 Å². The van der Waals surface area contributed by atoms with E-state index in [1.807, 2.05) is 11.8 Å². The summed E-state index contributed by atoms with van der Waals surface area (Å²) in [7, 11) is 0. The van der Waals surface area contributed by atoms with E-state index in [2.05, 4.69) is 41.6 Å². The van der Waals surface area contributed by atoms with Crippen LogP contribution in [-0.4, -0.2) is 18.1 Å². The van der Waals surface area contributed by atoms with Gasteiger partial charge in [-0.25, -0.2) is 0 Å². The van der Waals surface area contributed by atoms with Crippen molar-refractivity contribution in [2.75, 3.05) is 18.1 Å². The summed E-state index contributed by atoms with van der Waals surface area (Å²) < 4.78 is 0. The minimum Gasteiger partial charge on any atom is -0.309 e. The van der Waals surface area contributed by atoms with E-state index in [0.717, 1.165) is 24.0 Å². The summed E-state index contributed by atoms with van der Waals surface area (Å²) in [5.74, 6) is 5.42. The van der Waals surface area contributed by atoms with Crippen LogP contribution >= 0.6 is 11.8 Å². The average molecular weight is 245 g/mol. The highest BCUT2D eigenvalue weighted by Gasteiger charge is 2.31. The van der Waals surface area contributed by atoms with Gasteiger partial charge >= 0.3 is 0 Å². The minimum absolute atomic E-state index is 0.544. The number of benzene rings is 1. The molecule has 1 aliphatic rings. The van der Waals surface area contributed by atoms with Gasteiger partial charge in [-0.05, 0) is 24.3 Å². The van der Waals surface area contributed by atoms with Gasteiger partial charge in [-0.1, -0.05) is 36.3 Å². The fourth-order valence-corrected chi connectivity index (χ4v) is 2.59. The first-order valence-corrected chi connectivity index (χ1v) is 7.37. The summed E-state index contributed by atoms with van der Waals surface area (Å²) in [6.45, 7) is 1.04. The zero-order valence-corrected chi connectivity index (χ0v) is 10.9. The molecule has 1 aliphatic carbocycles. The number of terminal acetylenes is 1. The van der Waals surface area contributed by atoms with E-state index in [1.165, 1.54) is 18.4 Å². The molecule has 1 N–H and O–H groups in total. The van der Waals surface area contributed by atoms with Crippen LogP contribution in [0.5, 0.6) is 0 Å². The standard InChI is InChI=1S/C15H19NS/c1-2-11-17-12-10-16-15(14-8-9-14)13-6-4-3-5-7-13/h1,3-7,14-16H,8-12H2. The molecule has 0 spiro atoms. The highest BCUT2D eigenvalue weighted by molar-refractivity contribution is 7.99. The lowest BCUT2D eigenvalue weighted by molar-refractivity contribution is 0.498. The molecule has 17 heavy (non-hydrogen) atoms. The second-order valence-electron chi connectivity index (χ2n) is 4.44. The van der Waals surface area contributed by atoms with Crippen molar-refractivity contribution in [2.24, 2.45) is 5.92 Å². The molecule has 0 aliphatic heterocycles. The first kappa shape index (κ1) is 12.5. The minimum atomic E-state index is 0.544. The largest absolute Gasteiger partial charge is 0.309 e. The van der Waals surface area contributed by atoms with E-state index >= 15 is 0 Å². The Balaban J connectivity index is 1.80. The van der Waals surface area contributed by atoms with Crippen molar-refractivity contribution in [3.63, 3.8) is 0 Å². The zero-order valence-electron chi connectivity index (χ0n) is 10.1. The summed E-state index contributed by atoms with van der Waals surface area (Å²) in [5, 5.41) is 3.67. The third kappa shape index (κ3) is 4.11. The van der Waals surface area contributed by atoms with Crippen LogP contribution in [0.2, 0.25) is 0 Å². The Morgan fingerprint density at radius 2 is 2.12 bits per heavy atom. The monoisotopic (exact) mass is 245 g/mol. The number of nitrogens with one attached hydrogen (secondary N) is 1. The Morgan fingerprint density at radius 3 is 2.76 bits per heavy atom. The van der Waals surface area contributed by atoms with Crippen molar-refractivity contribution in [2.45, 2.75) is 18.9 Å². The van der Waals surface area contributed by atoms with Gasteiger partial charge in [0.2, 0.25) is 0 Å². The number of hydrogen-bond acceptors (Lipinski definition) is 2. The fourth-order valence-electron chi connectivity index (χ4n) is 2.06. The molecule has 90 valence electrons. The molecule has 0 aromatic heterocycles. The van der Waals surface area contributed by atoms with Crippen molar-refractivity contribution >= 4 is 11.8 Å². The van der Waals surface area contributed by atoms with Gasteiger partial charge in [-0.3, -0.25) is 0 Å². The van der Waals surface area contributed by atoms with Crippen LogP contribution in [0.25, 0.3) is 0 Å². The van der Waals surface area contributed by atoms with Gasteiger partial charge in [-0.15, -0.1) is 18.2 Å². The van der Waals surface area contributed by atoms with Gasteiger partial charge in [0, 0.05) is 18.3 Å². The highest BCUT2D eigenvalue weighted by Crippen LogP contribution is 2.40. The normalized spacial score (nSPS) is 16.4. The van der Waals surface area contributed by atoms with Gasteiger partial charge in [0.25, 0.3) is 0 Å². The molecule has 0 amide bonds. The van der Waals surface area contributed by atoms with Gasteiger partial charge in [-0.2, -0.15) is 0 Å². The van der Waals surface area contributed by atoms with Crippen LogP contribution < -0.4 is 5.32 Å². The lowest BCUT2D eigenvalue weighted by atomic mass is 10.0. The summed E-state index contributed by atoms with van der Waals surface area (Å²) in [6, 6.07) is 11.3. The van der Waals surface area contributed by atoms with Crippen molar-refractivity contribution in [1.29, 1.82) is 0 Å². The first-order valence-electron chi connectivity index (χ1n) is 6.21. The van der Waals surface area contributed by atoms with Crippen LogP contribution in [0, 0.1) is 18.3 Å². The van der Waals surface area contributed by atoms with Crippen LogP contribution in [0.4, 0.5) is 0 Å². The molecule has 1 atom stereocenters. The maximum absolute atomic E-state index is 5.23. The molecule has 2 rings (SSSR count). The Kier molecular flexibility index (Phi) is 4.97. The molecule has 1 fully saturated rings. The number of rotatable bonds is 7. The predicted molar refractivity (Wildman–Crippen MR) is 76.1 cm³/mol. The molecule has 0 bridgehead atoms. The Hall–Kier alpha value is -0.910. The molecule has 0 radical (unpaired) electrons. The lowest BCUT2D eigenvalue weighted by Gasteiger charge is -2.18. The van der Waals surface area contributed by atoms with Gasteiger partial charge in [0.1, 0.15) is 0 Å². The SMILES string of the molecule is C#CCSCCNC(c1ccccc1)C1CC1. The fraction of sp³-hybridized carbons (Fsp3) is 0.467. The van der Waals surface area contributed by atoms with Crippen molar-refractivity contribution in [1.82, 2.24) is 5.32 Å². The molecule has 1 unspecified atom stereocenters. The van der Waals surface area contributed by atoms with E-state index in [4.69, 9.17) is 6.42 Å². The van der Waals surface area contributed by atoms with E-state index in [0.29, 0.717) is 6.04 Å². The molecule has 1 aromatic rings. The van der Waals surface area contributed by atoms with Crippen molar-refractivity contribution < 1.29 is 0 Å². The molecule has 1 aromatic carbocycles. The number of thioether (sulfide) groups is 1. The average Bonchev–Trinajstić information content (AvgIpc) is 3.19. The molecule has 2 heteroatoms. The molecular weight excluding hydrogens is 226 g/mol. The van der Waals surface area contributed by atoms with E-state index in [1.54, 1.807) is 0 Å². The van der Waals surface area contributed by atoms with Gasteiger partial charge < -0.3 is 5.32 Å². The summed E-state index contributed by atoms with van der Waals surface area (Å²) >= 11 is 1.82. The molecular formula is C15H19NS. The van der Waals surface area contributed by atoms with Gasteiger partial charge in [0.05, 0.1) is 5.75 Å². The molecule has 0 saturated heterocycles. The summed E-state index contributed by atoms with van der Waals surface area (Å²) in [4.78, 5) is 0. The quantitative estimate of drug-likeness (QED) is 0.585. The highest BCUT2D eigenvalue weighted by atomic mass is 32.2. The second kappa shape index (κ2) is 6.74. The Morgan fingerprint density at radius 1 is 1.35 bits per heavy atom. The first-order chi connectivity index (χ1) is 8.42. The molecule has 0 heterocycles. The topological polar surface area (TPSA) is 12.0 Å². The van der Waals surface area contributed by atoms with Crippen LogP contribution in [0.1, 0.15) is 24.4 Å². The maximum atomic E-state index is 5.23. The molecule has 1 nitrogen and oxygen atoms in total. The third-order valence-corrected chi connectivity index (χ3v) is 3.91. The van der Waals surface area contributed by atoms with E-state index in [-0.39, 0.29) is 0 Å². The predicted octanol–water partition coefficient (Wildman–Crippen LogP) is 3.09. The van der Waals surface area contributed by atoms with Crippen LogP contribution in [0.3, 0.4) is 0 Å². The second-order valence-corrected chi connectivity index (χ2v) is 5.54. The van der Waals surface area contributed by atoms with Crippen molar-refractivity contribution in [3.8, 4) is 12.3 Å². The smallest absolute Gasteiger partial charge is 0.0545 e. The lowest BCUT2D eigenvalue weighted by Crippen LogP contribution is -2.25. The third-order valence-electron chi connectivity index (χ3n) is 3.05. The maximum Gasteiger partial charge on any atom is 0.0545 e. The summed E-state index contributed by atoms with van der Waals surface area (Å²) in [6.07, 6.45) is 7.96. The van der Waals surface area contributed by atoms with Crippen LogP contribution in [0.15, 0.2) is 30.3 Å². The van der Waals surface area contributed by atoms with E-state index < -0.39 is 0 Å². The molecule has 1 saturated carbocycles. The Bertz CT molecular complexity index is 364. The summed E-state index contributed by atoms with van der Waals surface area (Å²) in [5.41, 5.74) is 1.43. The van der Waals surface area contributed by atoms with E-state index in [9.17, 15) is 0 Å². The van der Waals surface area contributed by atoms with Crippen LogP contribution in [-0.2, 0) is 0 Å².